The first-order valence-corrected chi connectivity index (χ1v) is 11.3. The summed E-state index contributed by atoms with van der Waals surface area (Å²) in [6.45, 7) is 5.04. The minimum Gasteiger partial charge on any atom is -0.481 e. The molecule has 0 bridgehead atoms. The van der Waals surface area contributed by atoms with E-state index in [0.717, 1.165) is 11.3 Å². The van der Waals surface area contributed by atoms with Crippen LogP contribution in [-0.2, 0) is 26.1 Å². The number of nitrogens with zero attached hydrogens (tertiary/aromatic N) is 1. The number of unbranched alkanes of at least 4 members (excludes halogenated alkanes) is 1. The van der Waals surface area contributed by atoms with Crippen molar-refractivity contribution in [2.24, 2.45) is 11.3 Å². The molecule has 0 radical (unpaired) electrons. The van der Waals surface area contributed by atoms with E-state index >= 15 is 0 Å². The van der Waals surface area contributed by atoms with Crippen molar-refractivity contribution in [3.8, 4) is 0 Å². The molecule has 1 heterocycles. The van der Waals surface area contributed by atoms with Gasteiger partial charge in [-0.1, -0.05) is 19.9 Å². The Morgan fingerprint density at radius 2 is 1.83 bits per heavy atom. The second kappa shape index (κ2) is 10.7. The highest BCUT2D eigenvalue weighted by molar-refractivity contribution is 7.85. The quantitative estimate of drug-likeness (QED) is 0.320. The second-order valence-electron chi connectivity index (χ2n) is 7.95. The lowest BCUT2D eigenvalue weighted by atomic mass is 9.73. The van der Waals surface area contributed by atoms with Gasteiger partial charge in [0.1, 0.15) is 0 Å². The maximum atomic E-state index is 11.9. The minimum absolute atomic E-state index is 0.0417. The molecule has 164 valence electrons. The Labute approximate surface area is 172 Å². The van der Waals surface area contributed by atoms with E-state index in [0.29, 0.717) is 25.7 Å². The standard InChI is InChI=1S/C20H31NO7S/c1-4-16(12-20(3,19(24)25)11-14(2)18(22)23)17-9-8-15(13-21-17)7-5-6-10-29(26,27)28/h8-9,13-14,16H,4-7,10-12H2,1-3H3,(H,22,23)(H,24,25)(H,26,27,28). The van der Waals surface area contributed by atoms with Crippen LogP contribution in [0, 0.1) is 11.3 Å². The van der Waals surface area contributed by atoms with Crippen molar-refractivity contribution in [2.45, 2.75) is 65.2 Å². The van der Waals surface area contributed by atoms with Gasteiger partial charge < -0.3 is 10.2 Å². The third-order valence-corrected chi connectivity index (χ3v) is 6.07. The lowest BCUT2D eigenvalue weighted by Crippen LogP contribution is -2.33. The minimum atomic E-state index is -3.94. The van der Waals surface area contributed by atoms with Crippen LogP contribution in [0.3, 0.4) is 0 Å². The van der Waals surface area contributed by atoms with Crippen LogP contribution < -0.4 is 0 Å². The van der Waals surface area contributed by atoms with E-state index in [4.69, 9.17) is 9.66 Å². The Kier molecular flexibility index (Phi) is 9.22. The van der Waals surface area contributed by atoms with Crippen molar-refractivity contribution in [3.05, 3.63) is 29.6 Å². The fourth-order valence-corrected chi connectivity index (χ4v) is 4.03. The number of aryl methyl sites for hydroxylation is 1. The third kappa shape index (κ3) is 8.49. The highest BCUT2D eigenvalue weighted by Crippen LogP contribution is 2.38. The van der Waals surface area contributed by atoms with Crippen molar-refractivity contribution in [1.29, 1.82) is 0 Å². The van der Waals surface area contributed by atoms with Gasteiger partial charge in [0.05, 0.1) is 17.1 Å². The molecule has 1 aromatic rings. The van der Waals surface area contributed by atoms with Gasteiger partial charge in [-0.2, -0.15) is 8.42 Å². The SMILES string of the molecule is CCC(CC(C)(CC(C)C(=O)O)C(=O)O)c1ccc(CCCCS(=O)(=O)O)cn1. The van der Waals surface area contributed by atoms with Crippen molar-refractivity contribution in [1.82, 2.24) is 4.98 Å². The van der Waals surface area contributed by atoms with E-state index in [1.165, 1.54) is 6.92 Å². The molecule has 1 aromatic heterocycles. The van der Waals surface area contributed by atoms with Crippen molar-refractivity contribution in [2.75, 3.05) is 5.75 Å². The molecule has 0 aromatic carbocycles. The van der Waals surface area contributed by atoms with E-state index < -0.39 is 33.4 Å². The third-order valence-electron chi connectivity index (χ3n) is 5.27. The van der Waals surface area contributed by atoms with Gasteiger partial charge >= 0.3 is 11.9 Å². The van der Waals surface area contributed by atoms with Gasteiger partial charge in [-0.3, -0.25) is 19.1 Å². The second-order valence-corrected chi connectivity index (χ2v) is 9.53. The predicted octanol–water partition coefficient (Wildman–Crippen LogP) is 3.38. The Balaban J connectivity index is 2.80. The Morgan fingerprint density at radius 1 is 1.17 bits per heavy atom. The van der Waals surface area contributed by atoms with Crippen LogP contribution in [0.1, 0.15) is 70.1 Å². The number of hydrogen-bond donors (Lipinski definition) is 3. The summed E-state index contributed by atoms with van der Waals surface area (Å²) in [5.74, 6) is -3.17. The Bertz CT molecular complexity index is 792. The van der Waals surface area contributed by atoms with E-state index in [1.54, 1.807) is 13.1 Å². The molecule has 0 saturated carbocycles. The fraction of sp³-hybridized carbons (Fsp3) is 0.650. The monoisotopic (exact) mass is 429 g/mol. The number of aliphatic carboxylic acids is 2. The number of aromatic nitrogens is 1. The number of rotatable bonds is 13. The molecular weight excluding hydrogens is 398 g/mol. The maximum Gasteiger partial charge on any atom is 0.309 e. The summed E-state index contributed by atoms with van der Waals surface area (Å²) in [5.41, 5.74) is 0.512. The van der Waals surface area contributed by atoms with Crippen molar-refractivity contribution >= 4 is 22.1 Å². The van der Waals surface area contributed by atoms with E-state index in [-0.39, 0.29) is 24.5 Å². The molecule has 0 amide bonds. The fourth-order valence-electron chi connectivity index (χ4n) is 3.46. The molecule has 9 heteroatoms. The predicted molar refractivity (Wildman–Crippen MR) is 108 cm³/mol. The molecule has 0 fully saturated rings. The summed E-state index contributed by atoms with van der Waals surface area (Å²) >= 11 is 0. The number of carboxylic acid groups (broad SMARTS) is 2. The first-order chi connectivity index (χ1) is 13.4. The van der Waals surface area contributed by atoms with E-state index in [1.807, 2.05) is 19.1 Å². The zero-order valence-corrected chi connectivity index (χ0v) is 18.0. The van der Waals surface area contributed by atoms with Crippen LogP contribution in [0.4, 0.5) is 0 Å². The van der Waals surface area contributed by atoms with E-state index in [2.05, 4.69) is 4.98 Å². The lowest BCUT2D eigenvalue weighted by molar-refractivity contribution is -0.152. The summed E-state index contributed by atoms with van der Waals surface area (Å²) < 4.78 is 30.2. The number of carboxylic acids is 2. The number of carbonyl (C=O) groups is 2. The molecule has 8 nitrogen and oxygen atoms in total. The molecule has 29 heavy (non-hydrogen) atoms. The van der Waals surface area contributed by atoms with Gasteiger partial charge in [-0.25, -0.2) is 0 Å². The number of pyridine rings is 1. The molecule has 0 aliphatic heterocycles. The Morgan fingerprint density at radius 3 is 2.28 bits per heavy atom. The van der Waals surface area contributed by atoms with Gasteiger partial charge in [0.2, 0.25) is 0 Å². The summed E-state index contributed by atoms with van der Waals surface area (Å²) in [5, 5.41) is 18.8. The number of hydrogen-bond acceptors (Lipinski definition) is 5. The van der Waals surface area contributed by atoms with Gasteiger partial charge in [0, 0.05) is 17.8 Å². The largest absolute Gasteiger partial charge is 0.481 e. The molecular formula is C20H31NO7S. The summed E-state index contributed by atoms with van der Waals surface area (Å²) in [6.07, 6.45) is 4.28. The van der Waals surface area contributed by atoms with Crippen molar-refractivity contribution < 1.29 is 32.8 Å². The molecule has 0 aliphatic rings. The summed E-state index contributed by atoms with van der Waals surface area (Å²) in [4.78, 5) is 27.5. The van der Waals surface area contributed by atoms with Crippen LogP contribution in [0.5, 0.6) is 0 Å². The van der Waals surface area contributed by atoms with Crippen LogP contribution >= 0.6 is 0 Å². The van der Waals surface area contributed by atoms with Gasteiger partial charge in [-0.15, -0.1) is 0 Å². The molecule has 1 rings (SSSR count). The smallest absolute Gasteiger partial charge is 0.309 e. The van der Waals surface area contributed by atoms with Crippen LogP contribution in [0.25, 0.3) is 0 Å². The highest BCUT2D eigenvalue weighted by atomic mass is 32.2. The average Bonchev–Trinajstić information content (AvgIpc) is 2.63. The topological polar surface area (TPSA) is 142 Å². The molecule has 0 aliphatic carbocycles. The highest BCUT2D eigenvalue weighted by Gasteiger charge is 2.38. The van der Waals surface area contributed by atoms with Crippen LogP contribution in [0.2, 0.25) is 0 Å². The molecule has 3 N–H and O–H groups in total. The normalized spacial score (nSPS) is 16.0. The lowest BCUT2D eigenvalue weighted by Gasteiger charge is -2.30. The summed E-state index contributed by atoms with van der Waals surface area (Å²) in [6, 6.07) is 3.73. The molecule has 3 unspecified atom stereocenters. The van der Waals surface area contributed by atoms with Crippen LogP contribution in [0.15, 0.2) is 18.3 Å². The van der Waals surface area contributed by atoms with Gasteiger partial charge in [0.15, 0.2) is 0 Å². The Hall–Kier alpha value is -2.00. The molecule has 0 saturated heterocycles. The van der Waals surface area contributed by atoms with Gasteiger partial charge in [-0.05, 0) is 57.1 Å². The first-order valence-electron chi connectivity index (χ1n) is 9.74. The van der Waals surface area contributed by atoms with Gasteiger partial charge in [0.25, 0.3) is 10.1 Å². The zero-order valence-electron chi connectivity index (χ0n) is 17.2. The average molecular weight is 430 g/mol. The zero-order chi connectivity index (χ0) is 22.2. The molecule has 0 spiro atoms. The molecule has 3 atom stereocenters. The first kappa shape index (κ1) is 25.0. The van der Waals surface area contributed by atoms with E-state index in [9.17, 15) is 23.1 Å². The maximum absolute atomic E-state index is 11.9. The van der Waals surface area contributed by atoms with Crippen LogP contribution in [-0.4, -0.2) is 45.9 Å². The van der Waals surface area contributed by atoms with Crippen molar-refractivity contribution in [3.63, 3.8) is 0 Å². The summed E-state index contributed by atoms with van der Waals surface area (Å²) in [7, 11) is -3.94.